The topological polar surface area (TPSA) is 32.3 Å². The van der Waals surface area contributed by atoms with Crippen molar-refractivity contribution in [2.75, 3.05) is 11.9 Å². The highest BCUT2D eigenvalue weighted by atomic mass is 35.5. The highest BCUT2D eigenvalue weighted by Gasteiger charge is 2.40. The molecule has 1 aliphatic rings. The Hall–Kier alpha value is -0.730. The van der Waals surface area contributed by atoms with Crippen LogP contribution in [0.2, 0.25) is 5.02 Å². The number of hydrogen-bond donors (Lipinski definition) is 2. The third kappa shape index (κ3) is 2.81. The number of hydrogen-bond acceptors (Lipinski definition) is 2. The van der Waals surface area contributed by atoms with Crippen molar-refractivity contribution in [3.8, 4) is 0 Å². The van der Waals surface area contributed by atoms with E-state index in [1.165, 1.54) is 6.42 Å². The van der Waals surface area contributed by atoms with Gasteiger partial charge in [-0.15, -0.1) is 0 Å². The molecule has 3 unspecified atom stereocenters. The molecule has 0 spiro atoms. The lowest BCUT2D eigenvalue weighted by molar-refractivity contribution is 0.103. The summed E-state index contributed by atoms with van der Waals surface area (Å²) in [6, 6.07) is 7.73. The van der Waals surface area contributed by atoms with E-state index in [1.807, 2.05) is 24.3 Å². The molecule has 2 nitrogen and oxygen atoms in total. The minimum Gasteiger partial charge on any atom is -0.394 e. The molecule has 0 radical (unpaired) electrons. The zero-order chi connectivity index (χ0) is 13.2. The van der Waals surface area contributed by atoms with Gasteiger partial charge in [-0.25, -0.2) is 0 Å². The first-order valence-electron chi connectivity index (χ1n) is 6.70. The molecule has 1 aromatic carbocycles. The third-order valence-electron chi connectivity index (χ3n) is 4.25. The molecular weight excluding hydrogens is 246 g/mol. The Balaban J connectivity index is 2.21. The molecule has 2 N–H and O–H groups in total. The van der Waals surface area contributed by atoms with Crippen molar-refractivity contribution < 1.29 is 5.11 Å². The molecule has 0 aliphatic heterocycles. The maximum Gasteiger partial charge on any atom is 0.0664 e. The van der Waals surface area contributed by atoms with Gasteiger partial charge in [-0.3, -0.25) is 0 Å². The van der Waals surface area contributed by atoms with Crippen molar-refractivity contribution in [1.82, 2.24) is 0 Å². The summed E-state index contributed by atoms with van der Waals surface area (Å²) in [5.41, 5.74) is 0.792. The number of benzene rings is 1. The Labute approximate surface area is 114 Å². The summed E-state index contributed by atoms with van der Waals surface area (Å²) in [6.07, 6.45) is 3.42. The summed E-state index contributed by atoms with van der Waals surface area (Å²) in [7, 11) is 0. The molecule has 3 atom stereocenters. The largest absolute Gasteiger partial charge is 0.394 e. The predicted octanol–water partition coefficient (Wildman–Crippen LogP) is 3.94. The van der Waals surface area contributed by atoms with Gasteiger partial charge >= 0.3 is 0 Å². The van der Waals surface area contributed by atoms with Gasteiger partial charge in [0.1, 0.15) is 0 Å². The number of aliphatic hydroxyl groups excluding tert-OH is 1. The van der Waals surface area contributed by atoms with Gasteiger partial charge in [-0.05, 0) is 42.9 Å². The maximum atomic E-state index is 9.86. The number of halogens is 1. The Morgan fingerprint density at radius 2 is 2.17 bits per heavy atom. The quantitative estimate of drug-likeness (QED) is 0.869. The number of aliphatic hydroxyl groups is 1. The number of anilines is 1. The van der Waals surface area contributed by atoms with Crippen molar-refractivity contribution in [1.29, 1.82) is 0 Å². The van der Waals surface area contributed by atoms with Crippen LogP contribution >= 0.6 is 11.6 Å². The molecule has 1 fully saturated rings. The number of rotatable bonds is 3. The van der Waals surface area contributed by atoms with Crippen LogP contribution in [-0.4, -0.2) is 17.3 Å². The molecule has 2 rings (SSSR count). The molecular formula is C15H22ClNO. The highest BCUT2D eigenvalue weighted by molar-refractivity contribution is 6.30. The summed E-state index contributed by atoms with van der Waals surface area (Å²) in [5.74, 6) is 1.12. The van der Waals surface area contributed by atoms with Gasteiger partial charge in [-0.1, -0.05) is 37.9 Å². The monoisotopic (exact) mass is 267 g/mol. The van der Waals surface area contributed by atoms with Crippen LogP contribution in [0.3, 0.4) is 0 Å². The van der Waals surface area contributed by atoms with Crippen LogP contribution in [0.25, 0.3) is 0 Å². The Morgan fingerprint density at radius 1 is 1.39 bits per heavy atom. The minimum absolute atomic E-state index is 0.172. The van der Waals surface area contributed by atoms with Crippen LogP contribution in [-0.2, 0) is 0 Å². The number of nitrogens with one attached hydrogen (secondary N) is 1. The Bertz CT molecular complexity index is 409. The first kappa shape index (κ1) is 13.7. The van der Waals surface area contributed by atoms with Crippen LogP contribution in [0.5, 0.6) is 0 Å². The average Bonchev–Trinajstić information content (AvgIpc) is 2.34. The van der Waals surface area contributed by atoms with Crippen molar-refractivity contribution in [3.63, 3.8) is 0 Å². The molecule has 18 heavy (non-hydrogen) atoms. The molecule has 0 bridgehead atoms. The van der Waals surface area contributed by atoms with E-state index in [1.54, 1.807) is 0 Å². The molecule has 100 valence electrons. The minimum atomic E-state index is -0.206. The van der Waals surface area contributed by atoms with E-state index in [-0.39, 0.29) is 12.1 Å². The van der Waals surface area contributed by atoms with Crippen molar-refractivity contribution in [2.24, 2.45) is 11.8 Å². The normalized spacial score (nSPS) is 32.2. The molecule has 1 aromatic rings. The first-order valence-corrected chi connectivity index (χ1v) is 7.08. The molecule has 0 heterocycles. The van der Waals surface area contributed by atoms with E-state index in [0.717, 1.165) is 23.6 Å². The fourth-order valence-corrected chi connectivity index (χ4v) is 3.21. The van der Waals surface area contributed by atoms with Crippen molar-refractivity contribution >= 4 is 17.3 Å². The lowest BCUT2D eigenvalue weighted by Gasteiger charge is -2.45. The fourth-order valence-electron chi connectivity index (χ4n) is 3.02. The van der Waals surface area contributed by atoms with Crippen LogP contribution < -0.4 is 5.32 Å². The van der Waals surface area contributed by atoms with Gasteiger partial charge in [-0.2, -0.15) is 0 Å². The van der Waals surface area contributed by atoms with Gasteiger partial charge in [0, 0.05) is 10.7 Å². The SMILES string of the molecule is CC1CCC(C)C(CO)(Nc2cccc(Cl)c2)C1. The van der Waals surface area contributed by atoms with Gasteiger partial charge < -0.3 is 10.4 Å². The van der Waals surface area contributed by atoms with Crippen LogP contribution in [0.15, 0.2) is 24.3 Å². The van der Waals surface area contributed by atoms with Gasteiger partial charge in [0.2, 0.25) is 0 Å². The Morgan fingerprint density at radius 3 is 2.83 bits per heavy atom. The second-order valence-corrected chi connectivity index (χ2v) is 6.17. The third-order valence-corrected chi connectivity index (χ3v) is 4.48. The van der Waals surface area contributed by atoms with Gasteiger partial charge in [0.15, 0.2) is 0 Å². The van der Waals surface area contributed by atoms with Crippen molar-refractivity contribution in [3.05, 3.63) is 29.3 Å². The first-order chi connectivity index (χ1) is 8.55. The summed E-state index contributed by atoms with van der Waals surface area (Å²) in [4.78, 5) is 0. The summed E-state index contributed by atoms with van der Waals surface area (Å²) in [5, 5.41) is 14.1. The zero-order valence-electron chi connectivity index (χ0n) is 11.1. The smallest absolute Gasteiger partial charge is 0.0664 e. The van der Waals surface area contributed by atoms with Crippen molar-refractivity contribution in [2.45, 2.75) is 38.6 Å². The van der Waals surface area contributed by atoms with Crippen LogP contribution in [0.1, 0.15) is 33.1 Å². The van der Waals surface area contributed by atoms with E-state index in [4.69, 9.17) is 11.6 Å². The average molecular weight is 268 g/mol. The van der Waals surface area contributed by atoms with Crippen LogP contribution in [0.4, 0.5) is 5.69 Å². The van der Waals surface area contributed by atoms with E-state index in [0.29, 0.717) is 11.8 Å². The summed E-state index contributed by atoms with van der Waals surface area (Å²) >= 11 is 6.01. The predicted molar refractivity (Wildman–Crippen MR) is 77.1 cm³/mol. The fraction of sp³-hybridized carbons (Fsp3) is 0.600. The highest BCUT2D eigenvalue weighted by Crippen LogP contribution is 2.39. The molecule has 1 aliphatic carbocycles. The molecule has 0 amide bonds. The molecule has 1 saturated carbocycles. The van der Waals surface area contributed by atoms with E-state index in [2.05, 4.69) is 19.2 Å². The van der Waals surface area contributed by atoms with Gasteiger partial charge in [0.25, 0.3) is 0 Å². The van der Waals surface area contributed by atoms with E-state index < -0.39 is 0 Å². The van der Waals surface area contributed by atoms with E-state index in [9.17, 15) is 5.11 Å². The van der Waals surface area contributed by atoms with Crippen LogP contribution in [0, 0.1) is 11.8 Å². The standard InChI is InChI=1S/C15H22ClNO/c1-11-6-7-12(2)15(9-11,10-18)17-14-5-3-4-13(16)8-14/h3-5,8,11-12,17-18H,6-7,9-10H2,1-2H3. The summed E-state index contributed by atoms with van der Waals surface area (Å²) in [6.45, 7) is 4.65. The zero-order valence-corrected chi connectivity index (χ0v) is 11.9. The molecule has 3 heteroatoms. The molecule has 0 saturated heterocycles. The lowest BCUT2D eigenvalue weighted by atomic mass is 9.70. The van der Waals surface area contributed by atoms with Gasteiger partial charge in [0.05, 0.1) is 12.1 Å². The van der Waals surface area contributed by atoms with E-state index >= 15 is 0 Å². The lowest BCUT2D eigenvalue weighted by Crippen LogP contribution is -2.51. The maximum absolute atomic E-state index is 9.86. The summed E-state index contributed by atoms with van der Waals surface area (Å²) < 4.78 is 0. The molecule has 0 aromatic heterocycles. The second kappa shape index (κ2) is 5.50. The Kier molecular flexibility index (Phi) is 4.18. The second-order valence-electron chi connectivity index (χ2n) is 5.74.